The number of carbonyl (C=O) groups excluding carboxylic acids is 1. The molecule has 1 aromatic heterocycles. The highest BCUT2D eigenvalue weighted by Gasteiger charge is 2.24. The van der Waals surface area contributed by atoms with Crippen molar-refractivity contribution in [1.29, 1.82) is 0 Å². The third-order valence-corrected chi connectivity index (χ3v) is 6.32. The van der Waals surface area contributed by atoms with Gasteiger partial charge in [-0.25, -0.2) is 13.2 Å². The van der Waals surface area contributed by atoms with Crippen LogP contribution in [0.25, 0.3) is 11.5 Å². The summed E-state index contributed by atoms with van der Waals surface area (Å²) in [6, 6.07) is 14.4. The average Bonchev–Trinajstić information content (AvgIpc) is 3.32. The van der Waals surface area contributed by atoms with Gasteiger partial charge in [-0.2, -0.15) is 17.6 Å². The van der Waals surface area contributed by atoms with Gasteiger partial charge in [-0.1, -0.05) is 30.3 Å². The number of sulfonamides is 1. The summed E-state index contributed by atoms with van der Waals surface area (Å²) in [5.74, 6) is -3.07. The van der Waals surface area contributed by atoms with Gasteiger partial charge in [0.15, 0.2) is 0 Å². The summed E-state index contributed by atoms with van der Waals surface area (Å²) in [5.41, 5.74) is 1.31. The van der Waals surface area contributed by atoms with E-state index >= 15 is 0 Å². The second kappa shape index (κ2) is 11.1. The lowest BCUT2D eigenvalue weighted by Gasteiger charge is -2.24. The largest absolute Gasteiger partial charge is 0.461 e. The van der Waals surface area contributed by atoms with Crippen molar-refractivity contribution in [2.24, 2.45) is 0 Å². The van der Waals surface area contributed by atoms with Gasteiger partial charge in [0.05, 0.1) is 24.6 Å². The van der Waals surface area contributed by atoms with Crippen LogP contribution in [-0.2, 0) is 26.1 Å². The Bertz CT molecular complexity index is 1190. The minimum Gasteiger partial charge on any atom is -0.461 e. The topological polar surface area (TPSA) is 103 Å². The third-order valence-electron chi connectivity index (χ3n) is 4.50. The highest BCUT2D eigenvalue weighted by atomic mass is 32.2. The predicted molar refractivity (Wildman–Crippen MR) is 113 cm³/mol. The first-order chi connectivity index (χ1) is 16.2. The van der Waals surface area contributed by atoms with Crippen LogP contribution in [0.3, 0.4) is 0 Å². The number of anilines is 1. The van der Waals surface area contributed by atoms with Gasteiger partial charge in [0.1, 0.15) is 0 Å². The molecule has 2 aromatic carbocycles. The molecule has 182 valence electrons. The predicted octanol–water partition coefficient (Wildman–Crippen LogP) is 4.21. The molecule has 1 heterocycles. The molecule has 0 aliphatic heterocycles. The van der Waals surface area contributed by atoms with Gasteiger partial charge in [-0.3, -0.25) is 4.31 Å². The van der Waals surface area contributed by atoms with E-state index in [0.29, 0.717) is 16.8 Å². The van der Waals surface area contributed by atoms with E-state index in [-0.39, 0.29) is 18.9 Å². The summed E-state index contributed by atoms with van der Waals surface area (Å²) in [7, 11) is -3.93. The number of hydrogen-bond donors (Lipinski definition) is 0. The lowest BCUT2D eigenvalue weighted by molar-refractivity contribution is -0.156. The zero-order chi connectivity index (χ0) is 24.7. The van der Waals surface area contributed by atoms with Crippen molar-refractivity contribution in [1.82, 2.24) is 10.2 Å². The molecule has 0 saturated carbocycles. The molecule has 0 bridgehead atoms. The number of para-hydroxylation sites is 1. The minimum absolute atomic E-state index is 0.0738. The minimum atomic E-state index is -3.93. The number of esters is 1. The second-order valence-corrected chi connectivity index (χ2v) is 8.94. The molecule has 3 rings (SSSR count). The van der Waals surface area contributed by atoms with Crippen molar-refractivity contribution in [2.75, 3.05) is 16.7 Å². The van der Waals surface area contributed by atoms with Crippen LogP contribution in [0, 0.1) is 0 Å². The molecule has 0 N–H and O–H groups in total. The highest BCUT2D eigenvalue weighted by molar-refractivity contribution is 7.92. The van der Waals surface area contributed by atoms with Crippen LogP contribution >= 0.6 is 0 Å². The van der Waals surface area contributed by atoms with Crippen LogP contribution in [0.4, 0.5) is 23.2 Å². The number of aromatic nitrogens is 2. The molecule has 0 atom stereocenters. The van der Waals surface area contributed by atoms with E-state index in [4.69, 9.17) is 4.42 Å². The Morgan fingerprint density at radius 2 is 1.68 bits per heavy atom. The Morgan fingerprint density at radius 1 is 1.00 bits per heavy atom. The van der Waals surface area contributed by atoms with Gasteiger partial charge in [0.2, 0.25) is 15.9 Å². The van der Waals surface area contributed by atoms with Crippen molar-refractivity contribution in [3.63, 3.8) is 0 Å². The molecule has 0 fully saturated rings. The molecule has 0 spiro atoms. The summed E-state index contributed by atoms with van der Waals surface area (Å²) in [4.78, 5) is 10.8. The van der Waals surface area contributed by atoms with E-state index in [1.807, 2.05) is 0 Å². The first kappa shape index (κ1) is 25.1. The van der Waals surface area contributed by atoms with Crippen LogP contribution in [0.15, 0.2) is 59.0 Å². The number of hydrogen-bond acceptors (Lipinski definition) is 7. The maximum atomic E-state index is 13.0. The molecule has 0 amide bonds. The Kier molecular flexibility index (Phi) is 8.21. The smallest absolute Gasteiger partial charge is 0.373 e. The molecule has 0 radical (unpaired) electrons. The fraction of sp³-hybridized carbons (Fsp3) is 0.286. The zero-order valence-corrected chi connectivity index (χ0v) is 18.3. The average molecular weight is 501 g/mol. The van der Waals surface area contributed by atoms with Crippen molar-refractivity contribution in [3.05, 3.63) is 66.1 Å². The van der Waals surface area contributed by atoms with E-state index in [0.717, 1.165) is 4.31 Å². The molecule has 13 heteroatoms. The monoisotopic (exact) mass is 501 g/mol. The van der Waals surface area contributed by atoms with Crippen molar-refractivity contribution in [3.8, 4) is 11.5 Å². The van der Waals surface area contributed by atoms with Crippen LogP contribution in [0.5, 0.6) is 0 Å². The molecular formula is C21H19F4N3O5S. The number of alkyl halides is 4. The van der Waals surface area contributed by atoms with Crippen molar-refractivity contribution < 1.29 is 39.9 Å². The van der Waals surface area contributed by atoms with Gasteiger partial charge in [0.25, 0.3) is 5.89 Å². The molecular weight excluding hydrogens is 482 g/mol. The molecule has 0 unspecified atom stereocenters. The first-order valence-corrected chi connectivity index (χ1v) is 11.5. The van der Waals surface area contributed by atoms with E-state index in [1.165, 1.54) is 12.1 Å². The number of nitrogens with zero attached hydrogens (tertiary/aromatic N) is 3. The maximum Gasteiger partial charge on any atom is 0.373 e. The molecule has 8 nitrogen and oxygen atoms in total. The van der Waals surface area contributed by atoms with E-state index < -0.39 is 47.1 Å². The fourth-order valence-corrected chi connectivity index (χ4v) is 4.38. The lowest BCUT2D eigenvalue weighted by atomic mass is 10.1. The fourth-order valence-electron chi connectivity index (χ4n) is 2.89. The number of carbonyl (C=O) groups is 1. The third kappa shape index (κ3) is 6.53. The quantitative estimate of drug-likeness (QED) is 0.220. The number of ether oxygens (including phenoxy) is 1. The Labute approximate surface area is 192 Å². The summed E-state index contributed by atoms with van der Waals surface area (Å²) in [6.07, 6.45) is -6.36. The molecule has 0 saturated heterocycles. The Hall–Kier alpha value is -3.48. The Balaban J connectivity index is 1.74. The van der Waals surface area contributed by atoms with Gasteiger partial charge < -0.3 is 9.15 Å². The van der Waals surface area contributed by atoms with Crippen LogP contribution < -0.4 is 4.31 Å². The van der Waals surface area contributed by atoms with Crippen molar-refractivity contribution >= 4 is 21.7 Å². The van der Waals surface area contributed by atoms with Gasteiger partial charge in [-0.15, -0.1) is 10.2 Å². The van der Waals surface area contributed by atoms with E-state index in [2.05, 4.69) is 14.9 Å². The maximum absolute atomic E-state index is 13.0. The summed E-state index contributed by atoms with van der Waals surface area (Å²) in [5, 5.41) is 6.83. The van der Waals surface area contributed by atoms with Gasteiger partial charge in [0, 0.05) is 5.56 Å². The number of halogens is 4. The first-order valence-electron chi connectivity index (χ1n) is 9.88. The van der Waals surface area contributed by atoms with Gasteiger partial charge in [-0.05, 0) is 36.2 Å². The van der Waals surface area contributed by atoms with Gasteiger partial charge >= 0.3 is 18.8 Å². The lowest BCUT2D eigenvalue weighted by Crippen LogP contribution is -2.33. The Morgan fingerprint density at radius 3 is 2.26 bits per heavy atom. The van der Waals surface area contributed by atoms with Crippen LogP contribution in [0.2, 0.25) is 0 Å². The molecule has 0 aliphatic rings. The van der Waals surface area contributed by atoms with Crippen LogP contribution in [0.1, 0.15) is 24.3 Å². The van der Waals surface area contributed by atoms with E-state index in [9.17, 15) is 30.8 Å². The standard InChI is InChI=1S/C21H19F4N3O5S/c22-17(23)20-27-26-19(33-20)15-9-7-14(8-10-15)13-28(16-5-2-1-3-6-16)34(30,31)12-4-11-32-21(29)18(24)25/h1-3,5-10,17-18H,4,11-13H2. The highest BCUT2D eigenvalue weighted by Crippen LogP contribution is 2.25. The summed E-state index contributed by atoms with van der Waals surface area (Å²) in [6.45, 7) is -0.542. The zero-order valence-electron chi connectivity index (χ0n) is 17.5. The molecule has 34 heavy (non-hydrogen) atoms. The number of benzene rings is 2. The number of rotatable bonds is 11. The summed E-state index contributed by atoms with van der Waals surface area (Å²) < 4.78 is 86.1. The molecule has 0 aliphatic carbocycles. The van der Waals surface area contributed by atoms with E-state index in [1.54, 1.807) is 42.5 Å². The van der Waals surface area contributed by atoms with Crippen LogP contribution in [-0.4, -0.2) is 43.4 Å². The molecule has 3 aromatic rings. The SMILES string of the molecule is O=C(OCCCS(=O)(=O)N(Cc1ccc(-c2nnc(C(F)F)o2)cc1)c1ccccc1)C(F)F. The van der Waals surface area contributed by atoms with Crippen molar-refractivity contribution in [2.45, 2.75) is 25.8 Å². The summed E-state index contributed by atoms with van der Waals surface area (Å²) >= 11 is 0. The second-order valence-electron chi connectivity index (χ2n) is 6.92. The normalized spacial score (nSPS) is 11.7.